The van der Waals surface area contributed by atoms with Crippen LogP contribution in [0.15, 0.2) is 24.3 Å². The zero-order valence-corrected chi connectivity index (χ0v) is 9.78. The molecule has 0 saturated heterocycles. The molecular formula is C12H13F3N2O. The van der Waals surface area contributed by atoms with Crippen LogP contribution in [0.4, 0.5) is 13.2 Å². The lowest BCUT2D eigenvalue weighted by molar-refractivity contribution is -0.207. The highest BCUT2D eigenvalue weighted by Gasteiger charge is 2.38. The minimum Gasteiger partial charge on any atom is -0.382 e. The van der Waals surface area contributed by atoms with E-state index in [1.54, 1.807) is 24.3 Å². The first-order valence-corrected chi connectivity index (χ1v) is 5.25. The Balaban J connectivity index is 2.54. The third-order valence-corrected chi connectivity index (χ3v) is 2.40. The summed E-state index contributed by atoms with van der Waals surface area (Å²) in [6, 6.07) is 8.51. The molecule has 3 nitrogen and oxygen atoms in total. The van der Waals surface area contributed by atoms with E-state index in [1.165, 1.54) is 11.9 Å². The van der Waals surface area contributed by atoms with Crippen molar-refractivity contribution in [3.05, 3.63) is 35.4 Å². The van der Waals surface area contributed by atoms with Gasteiger partial charge in [-0.25, -0.2) is 0 Å². The largest absolute Gasteiger partial charge is 0.415 e. The van der Waals surface area contributed by atoms with Crippen LogP contribution in [0.3, 0.4) is 0 Å². The van der Waals surface area contributed by atoms with Crippen LogP contribution in [-0.2, 0) is 6.54 Å². The molecule has 98 valence electrons. The maximum absolute atomic E-state index is 12.1. The standard InChI is InChI=1S/C12H13F3N2O/c1-17(8-11(18)12(13,14)15)7-10-4-2-9(6-16)3-5-10/h2-5,11,18H,7-8H2,1H3. The van der Waals surface area contributed by atoms with Crippen molar-refractivity contribution >= 4 is 0 Å². The fraction of sp³-hybridized carbons (Fsp3) is 0.417. The average Bonchev–Trinajstić information content (AvgIpc) is 2.28. The second-order valence-corrected chi connectivity index (χ2v) is 4.06. The van der Waals surface area contributed by atoms with Gasteiger partial charge in [0, 0.05) is 13.1 Å². The van der Waals surface area contributed by atoms with Gasteiger partial charge >= 0.3 is 6.18 Å². The first-order chi connectivity index (χ1) is 8.32. The average molecular weight is 258 g/mol. The van der Waals surface area contributed by atoms with E-state index in [4.69, 9.17) is 10.4 Å². The summed E-state index contributed by atoms with van der Waals surface area (Å²) < 4.78 is 36.4. The van der Waals surface area contributed by atoms with E-state index in [2.05, 4.69) is 0 Å². The quantitative estimate of drug-likeness (QED) is 0.897. The van der Waals surface area contributed by atoms with Crippen LogP contribution in [0.1, 0.15) is 11.1 Å². The minimum absolute atomic E-state index is 0.277. The topological polar surface area (TPSA) is 47.3 Å². The molecule has 0 radical (unpaired) electrons. The summed E-state index contributed by atoms with van der Waals surface area (Å²) in [6.45, 7) is -0.206. The number of hydrogen-bond acceptors (Lipinski definition) is 3. The minimum atomic E-state index is -4.60. The molecule has 0 heterocycles. The number of nitrogens with zero attached hydrogens (tertiary/aromatic N) is 2. The maximum Gasteiger partial charge on any atom is 0.415 e. The van der Waals surface area contributed by atoms with Crippen molar-refractivity contribution < 1.29 is 18.3 Å². The Labute approximate surface area is 103 Å². The van der Waals surface area contributed by atoms with Crippen molar-refractivity contribution in [1.29, 1.82) is 5.26 Å². The third-order valence-electron chi connectivity index (χ3n) is 2.40. The summed E-state index contributed by atoms with van der Waals surface area (Å²) in [5, 5.41) is 17.5. The number of benzene rings is 1. The van der Waals surface area contributed by atoms with Crippen molar-refractivity contribution in [3.8, 4) is 6.07 Å². The van der Waals surface area contributed by atoms with Gasteiger partial charge in [-0.2, -0.15) is 18.4 Å². The highest BCUT2D eigenvalue weighted by molar-refractivity contribution is 5.31. The predicted octanol–water partition coefficient (Wildman–Crippen LogP) is 1.91. The molecule has 0 aliphatic heterocycles. The molecule has 0 aromatic heterocycles. The molecule has 0 bridgehead atoms. The fourth-order valence-corrected chi connectivity index (χ4v) is 1.46. The summed E-state index contributed by atoms with van der Waals surface area (Å²) >= 11 is 0. The van der Waals surface area contributed by atoms with Gasteiger partial charge < -0.3 is 5.11 Å². The van der Waals surface area contributed by atoms with Crippen LogP contribution in [0.5, 0.6) is 0 Å². The molecule has 18 heavy (non-hydrogen) atoms. The summed E-state index contributed by atoms with van der Waals surface area (Å²) in [5.74, 6) is 0. The Morgan fingerprint density at radius 3 is 2.33 bits per heavy atom. The number of nitriles is 1. The molecule has 1 atom stereocenters. The van der Waals surface area contributed by atoms with Crippen molar-refractivity contribution in [1.82, 2.24) is 4.90 Å². The number of hydrogen-bond donors (Lipinski definition) is 1. The van der Waals surface area contributed by atoms with E-state index in [1.807, 2.05) is 6.07 Å². The Kier molecular flexibility index (Phi) is 4.70. The summed E-state index contributed by atoms with van der Waals surface area (Å²) in [5.41, 5.74) is 1.28. The lowest BCUT2D eigenvalue weighted by Gasteiger charge is -2.22. The first kappa shape index (κ1) is 14.5. The zero-order valence-electron chi connectivity index (χ0n) is 9.78. The molecule has 1 aromatic carbocycles. The summed E-state index contributed by atoms with van der Waals surface area (Å²) in [4.78, 5) is 1.37. The lowest BCUT2D eigenvalue weighted by Crippen LogP contribution is -2.39. The number of aliphatic hydroxyl groups excluding tert-OH is 1. The van der Waals surface area contributed by atoms with Gasteiger partial charge in [-0.3, -0.25) is 4.90 Å². The van der Waals surface area contributed by atoms with Crippen molar-refractivity contribution in [2.45, 2.75) is 18.8 Å². The van der Waals surface area contributed by atoms with Gasteiger partial charge in [0.2, 0.25) is 0 Å². The molecule has 0 aliphatic rings. The molecule has 0 aliphatic carbocycles. The van der Waals surface area contributed by atoms with E-state index in [-0.39, 0.29) is 6.54 Å². The van der Waals surface area contributed by atoms with Crippen LogP contribution in [0.2, 0.25) is 0 Å². The smallest absolute Gasteiger partial charge is 0.382 e. The van der Waals surface area contributed by atoms with E-state index in [9.17, 15) is 13.2 Å². The fourth-order valence-electron chi connectivity index (χ4n) is 1.46. The number of likely N-dealkylation sites (N-methyl/N-ethyl adjacent to an activating group) is 1. The van der Waals surface area contributed by atoms with Crippen molar-refractivity contribution in [2.24, 2.45) is 0 Å². The molecule has 0 spiro atoms. The number of alkyl halides is 3. The third kappa shape index (κ3) is 4.35. The molecule has 0 fully saturated rings. The summed E-state index contributed by atoms with van der Waals surface area (Å²) in [6.07, 6.45) is -6.94. The molecule has 1 rings (SSSR count). The second-order valence-electron chi connectivity index (χ2n) is 4.06. The van der Waals surface area contributed by atoms with Gasteiger partial charge in [0.25, 0.3) is 0 Å². The van der Waals surface area contributed by atoms with Gasteiger partial charge in [0.1, 0.15) is 0 Å². The van der Waals surface area contributed by atoms with Crippen molar-refractivity contribution in [2.75, 3.05) is 13.6 Å². The maximum atomic E-state index is 12.1. The lowest BCUT2D eigenvalue weighted by atomic mass is 10.1. The van der Waals surface area contributed by atoms with Crippen LogP contribution in [0, 0.1) is 11.3 Å². The van der Waals surface area contributed by atoms with E-state index >= 15 is 0 Å². The molecule has 6 heteroatoms. The number of aliphatic hydroxyl groups is 1. The van der Waals surface area contributed by atoms with Crippen molar-refractivity contribution in [3.63, 3.8) is 0 Å². The van der Waals surface area contributed by atoms with Crippen LogP contribution in [0.25, 0.3) is 0 Å². The van der Waals surface area contributed by atoms with Gasteiger partial charge in [-0.05, 0) is 24.7 Å². The van der Waals surface area contributed by atoms with Crippen LogP contribution in [-0.4, -0.2) is 35.9 Å². The Bertz CT molecular complexity index is 422. The Hall–Kier alpha value is -1.58. The highest BCUT2D eigenvalue weighted by atomic mass is 19.4. The Morgan fingerprint density at radius 2 is 1.89 bits per heavy atom. The molecule has 1 aromatic rings. The van der Waals surface area contributed by atoms with E-state index < -0.39 is 18.8 Å². The second kappa shape index (κ2) is 5.85. The van der Waals surface area contributed by atoms with Gasteiger partial charge in [-0.15, -0.1) is 0 Å². The SMILES string of the molecule is CN(Cc1ccc(C#N)cc1)CC(O)C(F)(F)F. The molecular weight excluding hydrogens is 245 g/mol. The molecule has 0 amide bonds. The summed E-state index contributed by atoms with van der Waals surface area (Å²) in [7, 11) is 1.49. The predicted molar refractivity (Wildman–Crippen MR) is 59.6 cm³/mol. The highest BCUT2D eigenvalue weighted by Crippen LogP contribution is 2.20. The normalized spacial score (nSPS) is 13.4. The monoisotopic (exact) mass is 258 g/mol. The number of halogens is 3. The molecule has 0 saturated carbocycles. The molecule has 1 unspecified atom stereocenters. The zero-order chi connectivity index (χ0) is 13.8. The van der Waals surface area contributed by atoms with Crippen LogP contribution >= 0.6 is 0 Å². The first-order valence-electron chi connectivity index (χ1n) is 5.25. The van der Waals surface area contributed by atoms with Gasteiger partial charge in [0.15, 0.2) is 6.10 Å². The van der Waals surface area contributed by atoms with Gasteiger partial charge in [0.05, 0.1) is 11.6 Å². The van der Waals surface area contributed by atoms with Crippen LogP contribution < -0.4 is 0 Å². The number of rotatable bonds is 4. The Morgan fingerprint density at radius 1 is 1.33 bits per heavy atom. The van der Waals surface area contributed by atoms with Gasteiger partial charge in [-0.1, -0.05) is 12.1 Å². The van der Waals surface area contributed by atoms with E-state index in [0.29, 0.717) is 5.56 Å². The molecule has 1 N–H and O–H groups in total. The van der Waals surface area contributed by atoms with E-state index in [0.717, 1.165) is 5.56 Å².